The maximum atomic E-state index is 11.1. The summed E-state index contributed by atoms with van der Waals surface area (Å²) in [4.78, 5) is 21.8. The summed E-state index contributed by atoms with van der Waals surface area (Å²) in [6.45, 7) is 2.18. The van der Waals surface area contributed by atoms with Gasteiger partial charge in [-0.05, 0) is 12.8 Å². The molecular formula is C12H19NaO3. The van der Waals surface area contributed by atoms with Gasteiger partial charge in [0.15, 0.2) is 0 Å². The van der Waals surface area contributed by atoms with Crippen LogP contribution in [0.15, 0.2) is 12.2 Å². The number of rotatable bonds is 6. The van der Waals surface area contributed by atoms with Crippen LogP contribution in [0.4, 0.5) is 0 Å². The second-order valence-corrected chi connectivity index (χ2v) is 3.88. The van der Waals surface area contributed by atoms with Crippen molar-refractivity contribution in [2.24, 2.45) is 5.92 Å². The standard InChI is InChI=1S/C12H18O3.Na.H/c1-2-3-4-5-6-7-8-10-9-11(13)15-12(10)14;;/h7-8,10H,2-6,9H2,1H3;;/q;+1;-1. The number of hydrogen-bond donors (Lipinski definition) is 0. The van der Waals surface area contributed by atoms with Gasteiger partial charge in [-0.3, -0.25) is 9.59 Å². The third kappa shape index (κ3) is 5.83. The number of carbonyl (C=O) groups excluding carboxylic acids is 2. The molecule has 0 spiro atoms. The van der Waals surface area contributed by atoms with E-state index in [0.29, 0.717) is 0 Å². The average molecular weight is 234 g/mol. The van der Waals surface area contributed by atoms with Crippen molar-refractivity contribution >= 4 is 11.9 Å². The van der Waals surface area contributed by atoms with E-state index in [1.54, 1.807) is 6.08 Å². The second-order valence-electron chi connectivity index (χ2n) is 3.88. The van der Waals surface area contributed by atoms with Crippen LogP contribution in [0.5, 0.6) is 0 Å². The van der Waals surface area contributed by atoms with E-state index in [1.807, 2.05) is 6.08 Å². The molecule has 1 saturated heterocycles. The quantitative estimate of drug-likeness (QED) is 0.209. The predicted octanol–water partition coefficient (Wildman–Crippen LogP) is -0.281. The molecule has 0 bridgehead atoms. The zero-order valence-corrected chi connectivity index (χ0v) is 12.2. The van der Waals surface area contributed by atoms with Gasteiger partial charge in [0.2, 0.25) is 0 Å². The Labute approximate surface area is 120 Å². The molecule has 0 aromatic carbocycles. The third-order valence-electron chi connectivity index (χ3n) is 2.50. The molecule has 0 N–H and O–H groups in total. The number of allylic oxidation sites excluding steroid dienone is 1. The minimum atomic E-state index is -0.402. The minimum Gasteiger partial charge on any atom is -1.00 e. The number of unbranched alkanes of at least 4 members (excludes halogenated alkanes) is 4. The fourth-order valence-corrected chi connectivity index (χ4v) is 1.59. The van der Waals surface area contributed by atoms with Crippen molar-refractivity contribution in [1.29, 1.82) is 0 Å². The van der Waals surface area contributed by atoms with Gasteiger partial charge in [-0.2, -0.15) is 0 Å². The molecule has 0 radical (unpaired) electrons. The fourth-order valence-electron chi connectivity index (χ4n) is 1.59. The zero-order valence-electron chi connectivity index (χ0n) is 11.2. The second kappa shape index (κ2) is 8.97. The zero-order chi connectivity index (χ0) is 11.1. The summed E-state index contributed by atoms with van der Waals surface area (Å²) in [6.07, 6.45) is 9.86. The van der Waals surface area contributed by atoms with Gasteiger partial charge in [0.1, 0.15) is 0 Å². The Morgan fingerprint density at radius 3 is 2.69 bits per heavy atom. The van der Waals surface area contributed by atoms with Gasteiger partial charge in [0, 0.05) is 0 Å². The average Bonchev–Trinajstić information content (AvgIpc) is 2.51. The molecule has 86 valence electrons. The molecule has 1 aliphatic rings. The van der Waals surface area contributed by atoms with Crippen LogP contribution in [-0.4, -0.2) is 11.9 Å². The summed E-state index contributed by atoms with van der Waals surface area (Å²) in [5, 5.41) is 0. The first-order chi connectivity index (χ1) is 7.24. The monoisotopic (exact) mass is 234 g/mol. The molecule has 0 amide bonds. The summed E-state index contributed by atoms with van der Waals surface area (Å²) in [5.74, 6) is -1.13. The molecule has 1 heterocycles. The van der Waals surface area contributed by atoms with Gasteiger partial charge in [0.05, 0.1) is 12.3 Å². The summed E-state index contributed by atoms with van der Waals surface area (Å²) in [5.41, 5.74) is 0. The topological polar surface area (TPSA) is 43.4 Å². The molecule has 1 atom stereocenters. The van der Waals surface area contributed by atoms with Gasteiger partial charge in [-0.1, -0.05) is 38.3 Å². The van der Waals surface area contributed by atoms with E-state index in [1.165, 1.54) is 19.3 Å². The maximum absolute atomic E-state index is 11.1. The van der Waals surface area contributed by atoms with Crippen LogP contribution in [0.2, 0.25) is 0 Å². The van der Waals surface area contributed by atoms with Crippen molar-refractivity contribution in [1.82, 2.24) is 0 Å². The van der Waals surface area contributed by atoms with Gasteiger partial charge >= 0.3 is 41.5 Å². The molecule has 4 heteroatoms. The molecule has 3 nitrogen and oxygen atoms in total. The summed E-state index contributed by atoms with van der Waals surface area (Å²) >= 11 is 0. The number of hydrogen-bond acceptors (Lipinski definition) is 3. The summed E-state index contributed by atoms with van der Waals surface area (Å²) < 4.78 is 4.44. The van der Waals surface area contributed by atoms with Crippen molar-refractivity contribution < 1.29 is 45.3 Å². The molecule has 0 aliphatic carbocycles. The Morgan fingerprint density at radius 2 is 2.12 bits per heavy atom. The van der Waals surface area contributed by atoms with Crippen LogP contribution in [0, 0.1) is 5.92 Å². The first kappa shape index (κ1) is 15.9. The van der Waals surface area contributed by atoms with E-state index in [9.17, 15) is 9.59 Å². The number of ether oxygens (including phenoxy) is 1. The van der Waals surface area contributed by atoms with Crippen LogP contribution in [-0.2, 0) is 14.3 Å². The summed E-state index contributed by atoms with van der Waals surface area (Å²) in [7, 11) is 0. The fraction of sp³-hybridized carbons (Fsp3) is 0.667. The van der Waals surface area contributed by atoms with Crippen LogP contribution in [0.25, 0.3) is 0 Å². The first-order valence-electron chi connectivity index (χ1n) is 5.65. The molecule has 0 aromatic heterocycles. The van der Waals surface area contributed by atoms with E-state index in [0.717, 1.165) is 12.8 Å². The van der Waals surface area contributed by atoms with Crippen molar-refractivity contribution in [3.05, 3.63) is 12.2 Å². The molecule has 16 heavy (non-hydrogen) atoms. The largest absolute Gasteiger partial charge is 1.00 e. The van der Waals surface area contributed by atoms with E-state index in [2.05, 4.69) is 11.7 Å². The van der Waals surface area contributed by atoms with Crippen molar-refractivity contribution in [2.75, 3.05) is 0 Å². The summed E-state index contributed by atoms with van der Waals surface area (Å²) in [6, 6.07) is 0. The predicted molar refractivity (Wildman–Crippen MR) is 58.2 cm³/mol. The van der Waals surface area contributed by atoms with E-state index < -0.39 is 11.9 Å². The Kier molecular flexibility index (Phi) is 8.90. The van der Waals surface area contributed by atoms with Crippen molar-refractivity contribution in [3.8, 4) is 0 Å². The van der Waals surface area contributed by atoms with Gasteiger partial charge in [0.25, 0.3) is 0 Å². The van der Waals surface area contributed by atoms with Crippen LogP contribution in [0.1, 0.15) is 46.9 Å². The SMILES string of the molecule is CCCCCCC=CC1CC(=O)OC1=O.[H-].[Na+]. The Hall–Kier alpha value is -0.120. The van der Waals surface area contributed by atoms with E-state index in [4.69, 9.17) is 0 Å². The molecule has 1 aliphatic heterocycles. The Morgan fingerprint density at radius 1 is 1.38 bits per heavy atom. The molecular weight excluding hydrogens is 215 g/mol. The molecule has 1 unspecified atom stereocenters. The van der Waals surface area contributed by atoms with E-state index >= 15 is 0 Å². The maximum Gasteiger partial charge on any atom is 1.00 e. The normalized spacial score (nSPS) is 19.9. The molecule has 1 fully saturated rings. The molecule has 0 aromatic rings. The Balaban J connectivity index is 0. The van der Waals surface area contributed by atoms with Crippen LogP contribution >= 0.6 is 0 Å². The number of cyclic esters (lactones) is 2. The van der Waals surface area contributed by atoms with Gasteiger partial charge in [-0.25, -0.2) is 0 Å². The van der Waals surface area contributed by atoms with Crippen LogP contribution < -0.4 is 29.6 Å². The minimum absolute atomic E-state index is 0. The van der Waals surface area contributed by atoms with Gasteiger partial charge < -0.3 is 6.16 Å². The number of carbonyl (C=O) groups is 2. The van der Waals surface area contributed by atoms with Crippen molar-refractivity contribution in [3.63, 3.8) is 0 Å². The smallest absolute Gasteiger partial charge is 1.00 e. The van der Waals surface area contributed by atoms with Gasteiger partial charge in [-0.15, -0.1) is 0 Å². The Bertz CT molecular complexity index is 266. The first-order valence-corrected chi connectivity index (χ1v) is 5.65. The molecule has 0 saturated carbocycles. The van der Waals surface area contributed by atoms with Crippen molar-refractivity contribution in [2.45, 2.75) is 45.4 Å². The van der Waals surface area contributed by atoms with Crippen LogP contribution in [0.3, 0.4) is 0 Å². The van der Waals surface area contributed by atoms with E-state index in [-0.39, 0.29) is 43.3 Å². The number of esters is 2. The molecule has 1 rings (SSSR count). The third-order valence-corrected chi connectivity index (χ3v) is 2.50.